The van der Waals surface area contributed by atoms with Gasteiger partial charge in [0.2, 0.25) is 0 Å². The summed E-state index contributed by atoms with van der Waals surface area (Å²) in [5.41, 5.74) is 0.950. The number of benzene rings is 1. The van der Waals surface area contributed by atoms with Crippen molar-refractivity contribution in [3.05, 3.63) is 35.9 Å². The largest absolute Gasteiger partial charge is 0.461 e. The summed E-state index contributed by atoms with van der Waals surface area (Å²) in [4.78, 5) is 11.5. The van der Waals surface area contributed by atoms with Crippen LogP contribution in [0.3, 0.4) is 0 Å². The molecule has 1 atom stereocenters. The highest BCUT2D eigenvalue weighted by Crippen LogP contribution is 2.27. The fourth-order valence-corrected chi connectivity index (χ4v) is 2.40. The number of carbonyl (C=O) groups is 1. The fourth-order valence-electron chi connectivity index (χ4n) is 1.99. The molecule has 1 aromatic rings. The number of halogens is 1. The van der Waals surface area contributed by atoms with Crippen LogP contribution in [0, 0.1) is 0 Å². The van der Waals surface area contributed by atoms with E-state index in [-0.39, 0.29) is 16.9 Å². The number of alkyl halides is 1. The molecule has 0 saturated heterocycles. The van der Waals surface area contributed by atoms with Gasteiger partial charge in [0.1, 0.15) is 10.9 Å². The second-order valence-electron chi connectivity index (χ2n) is 4.12. The summed E-state index contributed by atoms with van der Waals surface area (Å²) < 4.78 is 5.44. The third-order valence-corrected chi connectivity index (χ3v) is 3.79. The lowest BCUT2D eigenvalue weighted by molar-refractivity contribution is -0.148. The van der Waals surface area contributed by atoms with Gasteiger partial charge in [-0.1, -0.05) is 46.3 Å². The molecule has 1 fully saturated rings. The first-order valence-electron chi connectivity index (χ1n) is 5.67. The maximum atomic E-state index is 11.8. The van der Waals surface area contributed by atoms with E-state index >= 15 is 0 Å². The molecule has 2 nitrogen and oxygen atoms in total. The Morgan fingerprint density at radius 3 is 2.50 bits per heavy atom. The van der Waals surface area contributed by atoms with E-state index in [4.69, 9.17) is 4.74 Å². The summed E-state index contributed by atoms with van der Waals surface area (Å²) in [5, 5.41) is 0. The van der Waals surface area contributed by atoms with Crippen molar-refractivity contribution in [1.82, 2.24) is 0 Å². The maximum absolute atomic E-state index is 11.8. The van der Waals surface area contributed by atoms with Crippen molar-refractivity contribution in [2.24, 2.45) is 0 Å². The number of ether oxygens (including phenoxy) is 1. The van der Waals surface area contributed by atoms with Crippen LogP contribution in [0.1, 0.15) is 36.1 Å². The van der Waals surface area contributed by atoms with Crippen LogP contribution in [0.15, 0.2) is 30.3 Å². The van der Waals surface area contributed by atoms with Crippen molar-refractivity contribution < 1.29 is 9.53 Å². The van der Waals surface area contributed by atoms with Crippen LogP contribution in [0.2, 0.25) is 0 Å². The summed E-state index contributed by atoms with van der Waals surface area (Å²) >= 11 is 3.38. The third-order valence-electron chi connectivity index (χ3n) is 2.88. The molecular weight excluding hydrogens is 268 g/mol. The number of hydrogen-bond donors (Lipinski definition) is 0. The Bertz CT molecular complexity index is 344. The zero-order valence-corrected chi connectivity index (χ0v) is 10.7. The van der Waals surface area contributed by atoms with Crippen molar-refractivity contribution in [1.29, 1.82) is 0 Å². The second-order valence-corrected chi connectivity index (χ2v) is 5.03. The Balaban J connectivity index is 1.94. The molecular formula is C13H15BrO2. The zero-order valence-electron chi connectivity index (χ0n) is 9.06. The second kappa shape index (κ2) is 5.48. The van der Waals surface area contributed by atoms with Gasteiger partial charge in [-0.3, -0.25) is 4.79 Å². The summed E-state index contributed by atoms with van der Waals surface area (Å²) in [7, 11) is 0. The van der Waals surface area contributed by atoms with Gasteiger partial charge in [0.25, 0.3) is 0 Å². The number of rotatable bonds is 3. The Labute approximate surface area is 104 Å². The first-order chi connectivity index (χ1) is 7.77. The Kier molecular flexibility index (Phi) is 3.99. The average molecular weight is 283 g/mol. The van der Waals surface area contributed by atoms with E-state index in [0.717, 1.165) is 18.4 Å². The molecule has 1 unspecified atom stereocenters. The minimum Gasteiger partial charge on any atom is -0.461 e. The summed E-state index contributed by atoms with van der Waals surface area (Å²) in [6.07, 6.45) is 4.52. The summed E-state index contributed by atoms with van der Waals surface area (Å²) in [5.74, 6) is -0.168. The molecule has 0 amide bonds. The first-order valence-corrected chi connectivity index (χ1v) is 6.58. The topological polar surface area (TPSA) is 26.3 Å². The van der Waals surface area contributed by atoms with Gasteiger partial charge >= 0.3 is 5.97 Å². The van der Waals surface area contributed by atoms with Crippen LogP contribution in [-0.4, -0.2) is 12.1 Å². The average Bonchev–Trinajstić information content (AvgIpc) is 2.82. The molecule has 0 N–H and O–H groups in total. The zero-order chi connectivity index (χ0) is 11.4. The minimum atomic E-state index is -0.339. The van der Waals surface area contributed by atoms with Gasteiger partial charge < -0.3 is 4.74 Å². The molecule has 1 aromatic carbocycles. The SMILES string of the molecule is O=C(OC1CCCC1)C(Br)c1ccccc1. The molecule has 0 spiro atoms. The van der Waals surface area contributed by atoms with Gasteiger partial charge in [-0.2, -0.15) is 0 Å². The first kappa shape index (κ1) is 11.6. The third kappa shape index (κ3) is 2.85. The Morgan fingerprint density at radius 1 is 1.25 bits per heavy atom. The lowest BCUT2D eigenvalue weighted by Crippen LogP contribution is -2.18. The van der Waals surface area contributed by atoms with E-state index in [9.17, 15) is 4.79 Å². The normalized spacial score (nSPS) is 18.3. The lowest BCUT2D eigenvalue weighted by Gasteiger charge is -2.14. The molecule has 0 bridgehead atoms. The highest BCUT2D eigenvalue weighted by Gasteiger charge is 2.24. The van der Waals surface area contributed by atoms with Gasteiger partial charge in [-0.15, -0.1) is 0 Å². The van der Waals surface area contributed by atoms with Gasteiger partial charge in [0.15, 0.2) is 0 Å². The molecule has 0 heterocycles. The van der Waals surface area contributed by atoms with Crippen LogP contribution < -0.4 is 0 Å². The molecule has 3 heteroatoms. The molecule has 0 aliphatic heterocycles. The molecule has 0 aromatic heterocycles. The van der Waals surface area contributed by atoms with Gasteiger partial charge in [0.05, 0.1) is 0 Å². The molecule has 1 saturated carbocycles. The van der Waals surface area contributed by atoms with E-state index in [1.54, 1.807) is 0 Å². The van der Waals surface area contributed by atoms with Crippen molar-refractivity contribution in [2.75, 3.05) is 0 Å². The van der Waals surface area contributed by atoms with Crippen LogP contribution in [0.25, 0.3) is 0 Å². The van der Waals surface area contributed by atoms with Crippen LogP contribution in [0.5, 0.6) is 0 Å². The monoisotopic (exact) mass is 282 g/mol. The van der Waals surface area contributed by atoms with Crippen molar-refractivity contribution in [3.8, 4) is 0 Å². The number of carbonyl (C=O) groups excluding carboxylic acids is 1. The molecule has 1 aliphatic rings. The predicted molar refractivity (Wildman–Crippen MR) is 66.5 cm³/mol. The molecule has 0 radical (unpaired) electrons. The smallest absolute Gasteiger partial charge is 0.324 e. The molecule has 2 rings (SSSR count). The maximum Gasteiger partial charge on any atom is 0.324 e. The van der Waals surface area contributed by atoms with Crippen LogP contribution >= 0.6 is 15.9 Å². The summed E-state index contributed by atoms with van der Waals surface area (Å²) in [6.45, 7) is 0. The summed E-state index contributed by atoms with van der Waals surface area (Å²) in [6, 6.07) is 9.63. The van der Waals surface area contributed by atoms with E-state index in [2.05, 4.69) is 15.9 Å². The quantitative estimate of drug-likeness (QED) is 0.625. The van der Waals surface area contributed by atoms with Crippen molar-refractivity contribution in [3.63, 3.8) is 0 Å². The number of hydrogen-bond acceptors (Lipinski definition) is 2. The molecule has 16 heavy (non-hydrogen) atoms. The Morgan fingerprint density at radius 2 is 1.88 bits per heavy atom. The molecule has 86 valence electrons. The van der Waals surface area contributed by atoms with Crippen LogP contribution in [-0.2, 0) is 9.53 Å². The van der Waals surface area contributed by atoms with Crippen LogP contribution in [0.4, 0.5) is 0 Å². The van der Waals surface area contributed by atoms with E-state index in [1.807, 2.05) is 30.3 Å². The highest BCUT2D eigenvalue weighted by atomic mass is 79.9. The minimum absolute atomic E-state index is 0.135. The fraction of sp³-hybridized carbons (Fsp3) is 0.462. The van der Waals surface area contributed by atoms with Gasteiger partial charge in [-0.05, 0) is 31.2 Å². The van der Waals surface area contributed by atoms with Crippen molar-refractivity contribution in [2.45, 2.75) is 36.6 Å². The number of esters is 1. The van der Waals surface area contributed by atoms with Gasteiger partial charge in [0, 0.05) is 0 Å². The van der Waals surface area contributed by atoms with Crippen molar-refractivity contribution >= 4 is 21.9 Å². The van der Waals surface area contributed by atoms with E-state index in [0.29, 0.717) is 0 Å². The van der Waals surface area contributed by atoms with Gasteiger partial charge in [-0.25, -0.2) is 0 Å². The van der Waals surface area contributed by atoms with E-state index in [1.165, 1.54) is 12.8 Å². The standard InChI is InChI=1S/C13H15BrO2/c14-12(10-6-2-1-3-7-10)13(15)16-11-8-4-5-9-11/h1-3,6-7,11-12H,4-5,8-9H2. The molecule has 1 aliphatic carbocycles. The highest BCUT2D eigenvalue weighted by molar-refractivity contribution is 9.09. The van der Waals surface area contributed by atoms with E-state index < -0.39 is 0 Å². The predicted octanol–water partition coefficient (Wildman–Crippen LogP) is 3.61. The lowest BCUT2D eigenvalue weighted by atomic mass is 10.1. The Hall–Kier alpha value is -0.830.